The molecule has 16 heavy (non-hydrogen) atoms. The SMILES string of the molecule is COCCCOCCNc1ccccc1Cl. The molecule has 0 fully saturated rings. The van der Waals surface area contributed by atoms with Crippen LogP contribution in [-0.4, -0.2) is 33.5 Å². The molecule has 1 N–H and O–H groups in total. The molecule has 0 saturated carbocycles. The third kappa shape index (κ3) is 5.35. The minimum absolute atomic E-state index is 0.676. The summed E-state index contributed by atoms with van der Waals surface area (Å²) >= 11 is 5.99. The van der Waals surface area contributed by atoms with E-state index in [1.54, 1.807) is 7.11 Å². The van der Waals surface area contributed by atoms with Gasteiger partial charge in [0.15, 0.2) is 0 Å². The maximum atomic E-state index is 5.99. The van der Waals surface area contributed by atoms with Crippen molar-refractivity contribution in [3.8, 4) is 0 Å². The number of rotatable bonds is 8. The van der Waals surface area contributed by atoms with Crippen LogP contribution in [0.5, 0.6) is 0 Å². The Bertz CT molecular complexity index is 294. The number of halogens is 1. The van der Waals surface area contributed by atoms with E-state index >= 15 is 0 Å². The van der Waals surface area contributed by atoms with Gasteiger partial charge in [-0.3, -0.25) is 0 Å². The lowest BCUT2D eigenvalue weighted by atomic mass is 10.3. The molecule has 0 heterocycles. The lowest BCUT2D eigenvalue weighted by molar-refractivity contribution is 0.109. The molecule has 0 saturated heterocycles. The Labute approximate surface area is 102 Å². The lowest BCUT2D eigenvalue weighted by Crippen LogP contribution is -2.10. The summed E-state index contributed by atoms with van der Waals surface area (Å²) in [6.45, 7) is 2.92. The van der Waals surface area contributed by atoms with E-state index in [0.29, 0.717) is 6.61 Å². The van der Waals surface area contributed by atoms with E-state index in [0.717, 1.165) is 36.9 Å². The minimum Gasteiger partial charge on any atom is -0.385 e. The Balaban J connectivity index is 2.05. The van der Waals surface area contributed by atoms with Crippen LogP contribution in [0, 0.1) is 0 Å². The monoisotopic (exact) mass is 243 g/mol. The number of nitrogens with one attached hydrogen (secondary N) is 1. The zero-order chi connectivity index (χ0) is 11.6. The maximum absolute atomic E-state index is 5.99. The number of methoxy groups -OCH3 is 1. The molecule has 0 radical (unpaired) electrons. The maximum Gasteiger partial charge on any atom is 0.0639 e. The molecule has 3 nitrogen and oxygen atoms in total. The van der Waals surface area contributed by atoms with E-state index in [-0.39, 0.29) is 0 Å². The van der Waals surface area contributed by atoms with E-state index in [2.05, 4.69) is 5.32 Å². The average molecular weight is 244 g/mol. The van der Waals surface area contributed by atoms with E-state index in [4.69, 9.17) is 21.1 Å². The summed E-state index contributed by atoms with van der Waals surface area (Å²) in [5, 5.41) is 3.95. The first kappa shape index (κ1) is 13.3. The second kappa shape index (κ2) is 8.39. The van der Waals surface area contributed by atoms with Crippen molar-refractivity contribution in [2.24, 2.45) is 0 Å². The van der Waals surface area contributed by atoms with Gasteiger partial charge < -0.3 is 14.8 Å². The van der Waals surface area contributed by atoms with Crippen LogP contribution in [0.15, 0.2) is 24.3 Å². The average Bonchev–Trinajstić information content (AvgIpc) is 2.30. The highest BCUT2D eigenvalue weighted by Gasteiger charge is 1.96. The molecular weight excluding hydrogens is 226 g/mol. The predicted octanol–water partition coefficient (Wildman–Crippen LogP) is 2.81. The minimum atomic E-state index is 0.676. The van der Waals surface area contributed by atoms with Gasteiger partial charge in [0.25, 0.3) is 0 Å². The van der Waals surface area contributed by atoms with Crippen LogP contribution < -0.4 is 5.32 Å². The molecule has 1 rings (SSSR count). The number of anilines is 1. The number of hydrogen-bond donors (Lipinski definition) is 1. The molecule has 0 aliphatic heterocycles. The zero-order valence-corrected chi connectivity index (χ0v) is 10.3. The molecule has 0 spiro atoms. The highest BCUT2D eigenvalue weighted by Crippen LogP contribution is 2.19. The van der Waals surface area contributed by atoms with E-state index in [1.807, 2.05) is 24.3 Å². The van der Waals surface area contributed by atoms with Gasteiger partial charge in [-0.05, 0) is 18.6 Å². The highest BCUT2D eigenvalue weighted by atomic mass is 35.5. The summed E-state index contributed by atoms with van der Waals surface area (Å²) in [5.41, 5.74) is 0.949. The molecule has 0 bridgehead atoms. The summed E-state index contributed by atoms with van der Waals surface area (Å²) < 4.78 is 10.3. The van der Waals surface area contributed by atoms with Crippen LogP contribution in [-0.2, 0) is 9.47 Å². The van der Waals surface area contributed by atoms with Crippen molar-refractivity contribution >= 4 is 17.3 Å². The van der Waals surface area contributed by atoms with Crippen molar-refractivity contribution in [3.05, 3.63) is 29.3 Å². The molecule has 1 aromatic rings. The van der Waals surface area contributed by atoms with Gasteiger partial charge in [-0.1, -0.05) is 23.7 Å². The quantitative estimate of drug-likeness (QED) is 0.713. The molecule has 0 amide bonds. The number of ether oxygens (including phenoxy) is 2. The normalized spacial score (nSPS) is 10.4. The van der Waals surface area contributed by atoms with E-state index < -0.39 is 0 Å². The Kier molecular flexibility index (Phi) is 6.97. The molecule has 1 aromatic carbocycles. The molecule has 0 aromatic heterocycles. The first-order valence-electron chi connectivity index (χ1n) is 5.39. The second-order valence-corrected chi connectivity index (χ2v) is 3.77. The number of benzene rings is 1. The summed E-state index contributed by atoms with van der Waals surface area (Å²) in [6, 6.07) is 7.68. The van der Waals surface area contributed by atoms with Crippen LogP contribution >= 0.6 is 11.6 Å². The molecule has 90 valence electrons. The van der Waals surface area contributed by atoms with Gasteiger partial charge in [0, 0.05) is 26.9 Å². The Morgan fingerprint density at radius 2 is 2.00 bits per heavy atom. The van der Waals surface area contributed by atoms with Crippen LogP contribution in [0.1, 0.15) is 6.42 Å². The van der Waals surface area contributed by atoms with Crippen molar-refractivity contribution < 1.29 is 9.47 Å². The Morgan fingerprint density at radius 3 is 2.75 bits per heavy atom. The fourth-order valence-corrected chi connectivity index (χ4v) is 1.47. The summed E-state index contributed by atoms with van der Waals surface area (Å²) in [5.74, 6) is 0. The van der Waals surface area contributed by atoms with Crippen LogP contribution in [0.25, 0.3) is 0 Å². The molecule has 0 unspecified atom stereocenters. The first-order chi connectivity index (χ1) is 7.84. The lowest BCUT2D eigenvalue weighted by Gasteiger charge is -2.08. The van der Waals surface area contributed by atoms with E-state index in [1.165, 1.54) is 0 Å². The smallest absolute Gasteiger partial charge is 0.0639 e. The number of para-hydroxylation sites is 1. The van der Waals surface area contributed by atoms with Crippen molar-refractivity contribution in [3.63, 3.8) is 0 Å². The first-order valence-corrected chi connectivity index (χ1v) is 5.77. The molecule has 0 atom stereocenters. The van der Waals surface area contributed by atoms with Gasteiger partial charge in [0.05, 0.1) is 17.3 Å². The van der Waals surface area contributed by atoms with Crippen LogP contribution in [0.3, 0.4) is 0 Å². The Hall–Kier alpha value is -0.770. The fraction of sp³-hybridized carbons (Fsp3) is 0.500. The third-order valence-electron chi connectivity index (χ3n) is 2.07. The van der Waals surface area contributed by atoms with Gasteiger partial charge in [0.1, 0.15) is 0 Å². The predicted molar refractivity (Wildman–Crippen MR) is 67.3 cm³/mol. The number of hydrogen-bond acceptors (Lipinski definition) is 3. The van der Waals surface area contributed by atoms with Gasteiger partial charge in [-0.25, -0.2) is 0 Å². The van der Waals surface area contributed by atoms with Crippen LogP contribution in [0.4, 0.5) is 5.69 Å². The molecule has 0 aliphatic rings. The fourth-order valence-electron chi connectivity index (χ4n) is 1.27. The zero-order valence-electron chi connectivity index (χ0n) is 9.54. The summed E-state index contributed by atoms with van der Waals surface area (Å²) in [6.07, 6.45) is 0.933. The van der Waals surface area contributed by atoms with Gasteiger partial charge in [-0.15, -0.1) is 0 Å². The van der Waals surface area contributed by atoms with Gasteiger partial charge >= 0.3 is 0 Å². The molecule has 0 aliphatic carbocycles. The van der Waals surface area contributed by atoms with E-state index in [9.17, 15) is 0 Å². The largest absolute Gasteiger partial charge is 0.385 e. The standard InChI is InChI=1S/C12H18ClNO2/c1-15-8-4-9-16-10-7-14-12-6-3-2-5-11(12)13/h2-3,5-6,14H,4,7-10H2,1H3. The van der Waals surface area contributed by atoms with Crippen molar-refractivity contribution in [1.82, 2.24) is 0 Å². The third-order valence-corrected chi connectivity index (χ3v) is 2.40. The van der Waals surface area contributed by atoms with Crippen LogP contribution in [0.2, 0.25) is 5.02 Å². The topological polar surface area (TPSA) is 30.5 Å². The van der Waals surface area contributed by atoms with Crippen molar-refractivity contribution in [1.29, 1.82) is 0 Å². The van der Waals surface area contributed by atoms with Crippen molar-refractivity contribution in [2.75, 3.05) is 38.8 Å². The molecular formula is C12H18ClNO2. The van der Waals surface area contributed by atoms with Gasteiger partial charge in [0.2, 0.25) is 0 Å². The summed E-state index contributed by atoms with van der Waals surface area (Å²) in [4.78, 5) is 0. The summed E-state index contributed by atoms with van der Waals surface area (Å²) in [7, 11) is 1.69. The Morgan fingerprint density at radius 1 is 1.19 bits per heavy atom. The molecule has 4 heteroatoms. The second-order valence-electron chi connectivity index (χ2n) is 3.37. The van der Waals surface area contributed by atoms with Crippen molar-refractivity contribution in [2.45, 2.75) is 6.42 Å². The van der Waals surface area contributed by atoms with Gasteiger partial charge in [-0.2, -0.15) is 0 Å². The highest BCUT2D eigenvalue weighted by molar-refractivity contribution is 6.33.